The van der Waals surface area contributed by atoms with Crippen molar-refractivity contribution in [3.05, 3.63) is 112 Å². The molecule has 1 heterocycles. The van der Waals surface area contributed by atoms with Crippen molar-refractivity contribution in [2.45, 2.75) is 13.0 Å². The minimum atomic E-state index is -0.322. The van der Waals surface area contributed by atoms with E-state index in [1.54, 1.807) is 30.3 Å². The highest BCUT2D eigenvalue weighted by molar-refractivity contribution is 9.10. The fourth-order valence-corrected chi connectivity index (χ4v) is 4.85. The third kappa shape index (κ3) is 4.87. The molecule has 0 aliphatic carbocycles. The first-order valence-corrected chi connectivity index (χ1v) is 11.6. The van der Waals surface area contributed by atoms with Gasteiger partial charge in [-0.2, -0.15) is 0 Å². The van der Waals surface area contributed by atoms with Crippen LogP contribution in [0.3, 0.4) is 0 Å². The van der Waals surface area contributed by atoms with Crippen LogP contribution in [0.2, 0.25) is 0 Å². The average Bonchev–Trinajstić information content (AvgIpc) is 3.07. The number of hydrogen-bond donors (Lipinski definition) is 0. The molecule has 0 unspecified atom stereocenters. The van der Waals surface area contributed by atoms with Crippen LogP contribution in [0, 0.1) is 0 Å². The molecule has 32 heavy (non-hydrogen) atoms. The monoisotopic (exact) mass is 505 g/mol. The molecule has 3 aromatic rings. The number of nitrogens with zero attached hydrogens (tertiary/aromatic N) is 1. The molecule has 0 aromatic heterocycles. The maximum atomic E-state index is 12.9. The number of rotatable bonds is 7. The fraction of sp³-hybridized carbons (Fsp3) is 0.0769. The van der Waals surface area contributed by atoms with E-state index in [0.29, 0.717) is 23.6 Å². The van der Waals surface area contributed by atoms with Crippen LogP contribution in [0.25, 0.3) is 6.08 Å². The number of halogens is 1. The summed E-state index contributed by atoms with van der Waals surface area (Å²) in [5.74, 6) is 0.417. The number of imide groups is 1. The van der Waals surface area contributed by atoms with E-state index in [1.807, 2.05) is 54.6 Å². The zero-order valence-electron chi connectivity index (χ0n) is 17.2. The van der Waals surface area contributed by atoms with Gasteiger partial charge >= 0.3 is 0 Å². The number of allylic oxidation sites excluding steroid dienone is 1. The molecule has 2 amide bonds. The lowest BCUT2D eigenvalue weighted by atomic mass is 10.1. The van der Waals surface area contributed by atoms with Crippen molar-refractivity contribution < 1.29 is 14.3 Å². The number of amides is 2. The van der Waals surface area contributed by atoms with Crippen molar-refractivity contribution >= 4 is 50.6 Å². The molecule has 0 N–H and O–H groups in total. The van der Waals surface area contributed by atoms with Gasteiger partial charge in [0, 0.05) is 0 Å². The van der Waals surface area contributed by atoms with Crippen LogP contribution in [-0.4, -0.2) is 11.1 Å². The normalized spacial score (nSPS) is 14.8. The first kappa shape index (κ1) is 22.1. The summed E-state index contributed by atoms with van der Waals surface area (Å²) in [6.07, 6.45) is 4.16. The minimum absolute atomic E-state index is 0.305. The largest absolute Gasteiger partial charge is 0.487 e. The second-order valence-electron chi connectivity index (χ2n) is 7.11. The first-order chi connectivity index (χ1) is 15.6. The van der Waals surface area contributed by atoms with Crippen molar-refractivity contribution in [3.63, 3.8) is 0 Å². The Morgan fingerprint density at radius 1 is 1.00 bits per heavy atom. The van der Waals surface area contributed by atoms with Crippen molar-refractivity contribution in [1.82, 2.24) is 0 Å². The summed E-state index contributed by atoms with van der Waals surface area (Å²) in [4.78, 5) is 27.0. The molecule has 0 spiro atoms. The Labute approximate surface area is 199 Å². The Morgan fingerprint density at radius 3 is 2.38 bits per heavy atom. The van der Waals surface area contributed by atoms with E-state index in [0.717, 1.165) is 38.7 Å². The van der Waals surface area contributed by atoms with Crippen LogP contribution in [0.4, 0.5) is 10.5 Å². The minimum Gasteiger partial charge on any atom is -0.487 e. The summed E-state index contributed by atoms with van der Waals surface area (Å²) in [6, 6.07) is 22.7. The molecule has 6 heteroatoms. The van der Waals surface area contributed by atoms with E-state index in [-0.39, 0.29) is 11.1 Å². The van der Waals surface area contributed by atoms with Crippen LogP contribution in [0.15, 0.2) is 94.8 Å². The topological polar surface area (TPSA) is 46.6 Å². The molecule has 1 fully saturated rings. The van der Waals surface area contributed by atoms with Gasteiger partial charge < -0.3 is 4.74 Å². The van der Waals surface area contributed by atoms with Crippen molar-refractivity contribution in [3.8, 4) is 5.75 Å². The van der Waals surface area contributed by atoms with Crippen LogP contribution < -0.4 is 9.64 Å². The van der Waals surface area contributed by atoms with E-state index < -0.39 is 0 Å². The number of carbonyl (C=O) groups is 2. The standard InChI is InChI=1S/C26H20BrNO3S/c1-2-9-20-14-19(15-22(27)24(20)31-17-18-10-5-3-6-11-18)16-23-25(29)28(26(30)32-23)21-12-7-4-8-13-21/h2-8,10-16H,1,9,17H2/b23-16-. The van der Waals surface area contributed by atoms with Crippen LogP contribution >= 0.6 is 27.7 Å². The highest BCUT2D eigenvalue weighted by Crippen LogP contribution is 2.38. The molecule has 0 saturated carbocycles. The van der Waals surface area contributed by atoms with Gasteiger partial charge in [-0.05, 0) is 81.1 Å². The third-order valence-electron chi connectivity index (χ3n) is 4.84. The maximum Gasteiger partial charge on any atom is 0.298 e. The number of thioether (sulfide) groups is 1. The molecular weight excluding hydrogens is 486 g/mol. The maximum absolute atomic E-state index is 12.9. The van der Waals surface area contributed by atoms with Gasteiger partial charge in [-0.3, -0.25) is 9.59 Å². The van der Waals surface area contributed by atoms with Crippen LogP contribution in [-0.2, 0) is 17.8 Å². The molecule has 0 bridgehead atoms. The number of ether oxygens (including phenoxy) is 1. The second kappa shape index (κ2) is 10.0. The summed E-state index contributed by atoms with van der Waals surface area (Å²) in [5, 5.41) is -0.305. The summed E-state index contributed by atoms with van der Waals surface area (Å²) in [7, 11) is 0. The van der Waals surface area contributed by atoms with Gasteiger partial charge in [-0.15, -0.1) is 6.58 Å². The number of carbonyl (C=O) groups excluding carboxylic acids is 2. The van der Waals surface area contributed by atoms with Gasteiger partial charge in [-0.25, -0.2) is 4.90 Å². The first-order valence-electron chi connectivity index (χ1n) is 10.00. The lowest BCUT2D eigenvalue weighted by Gasteiger charge is -2.14. The molecule has 1 aliphatic rings. The summed E-state index contributed by atoms with van der Waals surface area (Å²) >= 11 is 4.55. The highest BCUT2D eigenvalue weighted by Gasteiger charge is 2.36. The Kier molecular flexibility index (Phi) is 6.93. The van der Waals surface area contributed by atoms with E-state index in [1.165, 1.54) is 4.90 Å². The molecule has 0 radical (unpaired) electrons. The number of para-hydroxylation sites is 1. The fourth-order valence-electron chi connectivity index (χ4n) is 3.37. The van der Waals surface area contributed by atoms with E-state index in [4.69, 9.17) is 4.74 Å². The molecule has 3 aromatic carbocycles. The van der Waals surface area contributed by atoms with E-state index in [2.05, 4.69) is 22.5 Å². The predicted molar refractivity (Wildman–Crippen MR) is 134 cm³/mol. The van der Waals surface area contributed by atoms with E-state index in [9.17, 15) is 9.59 Å². The lowest BCUT2D eigenvalue weighted by molar-refractivity contribution is -0.113. The predicted octanol–water partition coefficient (Wildman–Crippen LogP) is 7.00. The molecule has 4 rings (SSSR count). The Balaban J connectivity index is 1.61. The third-order valence-corrected chi connectivity index (χ3v) is 6.30. The molecular formula is C26H20BrNO3S. The Bertz CT molecular complexity index is 1190. The number of hydrogen-bond acceptors (Lipinski definition) is 4. The average molecular weight is 506 g/mol. The van der Waals surface area contributed by atoms with Gasteiger partial charge in [0.2, 0.25) is 0 Å². The summed E-state index contributed by atoms with van der Waals surface area (Å²) in [6.45, 7) is 4.29. The van der Waals surface area contributed by atoms with Crippen molar-refractivity contribution in [2.24, 2.45) is 0 Å². The number of anilines is 1. The summed E-state index contributed by atoms with van der Waals surface area (Å²) < 4.78 is 6.87. The Morgan fingerprint density at radius 2 is 1.69 bits per heavy atom. The smallest absolute Gasteiger partial charge is 0.298 e. The Hall–Kier alpha value is -3.09. The second-order valence-corrected chi connectivity index (χ2v) is 8.96. The van der Waals surface area contributed by atoms with Crippen molar-refractivity contribution in [1.29, 1.82) is 0 Å². The molecule has 160 valence electrons. The van der Waals surface area contributed by atoms with Gasteiger partial charge in [0.1, 0.15) is 12.4 Å². The van der Waals surface area contributed by atoms with Crippen LogP contribution in [0.1, 0.15) is 16.7 Å². The molecule has 4 nitrogen and oxygen atoms in total. The van der Waals surface area contributed by atoms with Gasteiger partial charge in [-0.1, -0.05) is 54.6 Å². The van der Waals surface area contributed by atoms with Crippen LogP contribution in [0.5, 0.6) is 5.75 Å². The van der Waals surface area contributed by atoms with Gasteiger partial charge in [0.05, 0.1) is 15.1 Å². The quantitative estimate of drug-likeness (QED) is 0.256. The van der Waals surface area contributed by atoms with Gasteiger partial charge in [0.25, 0.3) is 11.1 Å². The van der Waals surface area contributed by atoms with E-state index >= 15 is 0 Å². The van der Waals surface area contributed by atoms with Crippen molar-refractivity contribution in [2.75, 3.05) is 4.90 Å². The summed E-state index contributed by atoms with van der Waals surface area (Å²) in [5.41, 5.74) is 3.39. The zero-order chi connectivity index (χ0) is 22.5. The number of benzene rings is 3. The zero-order valence-corrected chi connectivity index (χ0v) is 19.6. The molecule has 1 aliphatic heterocycles. The molecule has 1 saturated heterocycles. The molecule has 0 atom stereocenters. The van der Waals surface area contributed by atoms with Gasteiger partial charge in [0.15, 0.2) is 0 Å². The highest BCUT2D eigenvalue weighted by atomic mass is 79.9. The lowest BCUT2D eigenvalue weighted by Crippen LogP contribution is -2.27. The SMILES string of the molecule is C=CCc1cc(/C=C2\SC(=O)N(c3ccccc3)C2=O)cc(Br)c1OCc1ccccc1.